The first-order valence-corrected chi connectivity index (χ1v) is 11.4. The Morgan fingerprint density at radius 1 is 1.24 bits per heavy atom. The van der Waals surface area contributed by atoms with Gasteiger partial charge < -0.3 is 14.2 Å². The first-order chi connectivity index (χ1) is 16.0. The summed E-state index contributed by atoms with van der Waals surface area (Å²) in [5.74, 6) is -0.708. The van der Waals surface area contributed by atoms with Crippen molar-refractivity contribution < 1.29 is 23.8 Å². The number of alkyl carbamates (subject to hydrolysis) is 1. The number of nitrogens with one attached hydrogen (secondary N) is 1. The highest BCUT2D eigenvalue weighted by Gasteiger charge is 2.22. The molecule has 0 spiro atoms. The summed E-state index contributed by atoms with van der Waals surface area (Å²) in [5.41, 5.74) is 2.13. The van der Waals surface area contributed by atoms with Crippen molar-refractivity contribution in [3.8, 4) is 0 Å². The number of nitrogens with zero attached hydrogens (tertiary/aromatic N) is 2. The molecule has 1 amide bonds. The number of hydrogen-bond donors (Lipinski definition) is 1. The number of aromatic nitrogens is 2. The molecule has 1 aromatic heterocycles. The van der Waals surface area contributed by atoms with E-state index in [-0.39, 0.29) is 18.5 Å². The van der Waals surface area contributed by atoms with Crippen LogP contribution in [0, 0.1) is 0 Å². The average molecular weight is 514 g/mol. The highest BCUT2D eigenvalue weighted by Crippen LogP contribution is 2.30. The molecular formula is C24H24BrN3O5. The van der Waals surface area contributed by atoms with E-state index >= 15 is 0 Å². The van der Waals surface area contributed by atoms with Crippen molar-refractivity contribution in [3.63, 3.8) is 0 Å². The molecule has 1 N–H and O–H groups in total. The van der Waals surface area contributed by atoms with E-state index in [0.29, 0.717) is 12.3 Å². The molecule has 2 aromatic carbocycles. The Morgan fingerprint density at radius 3 is 2.79 bits per heavy atom. The predicted octanol–water partition coefficient (Wildman–Crippen LogP) is 4.94. The lowest BCUT2D eigenvalue weighted by atomic mass is 10.1. The van der Waals surface area contributed by atoms with Gasteiger partial charge in [0.05, 0.1) is 18.3 Å². The Bertz CT molecular complexity index is 1170. The quantitative estimate of drug-likeness (QED) is 0.370. The normalized spacial score (nSPS) is 16.4. The molecule has 4 rings (SSSR count). The van der Waals surface area contributed by atoms with Crippen LogP contribution in [0.15, 0.2) is 58.7 Å². The molecule has 33 heavy (non-hydrogen) atoms. The van der Waals surface area contributed by atoms with Gasteiger partial charge in [-0.2, -0.15) is 5.10 Å². The zero-order valence-corrected chi connectivity index (χ0v) is 19.7. The summed E-state index contributed by atoms with van der Waals surface area (Å²) in [4.78, 5) is 24.8. The summed E-state index contributed by atoms with van der Waals surface area (Å²) in [5, 5.41) is 8.01. The molecular weight excluding hydrogens is 490 g/mol. The third kappa shape index (κ3) is 5.61. The van der Waals surface area contributed by atoms with Crippen molar-refractivity contribution in [2.45, 2.75) is 32.1 Å². The number of rotatable bonds is 6. The van der Waals surface area contributed by atoms with Crippen molar-refractivity contribution >= 4 is 45.0 Å². The second-order valence-corrected chi connectivity index (χ2v) is 8.46. The molecule has 0 saturated carbocycles. The number of methoxy groups -OCH3 is 1. The van der Waals surface area contributed by atoms with E-state index in [4.69, 9.17) is 19.3 Å². The lowest BCUT2D eigenvalue weighted by Crippen LogP contribution is -2.28. The molecule has 0 aliphatic carbocycles. The van der Waals surface area contributed by atoms with Gasteiger partial charge in [-0.25, -0.2) is 14.3 Å². The maximum atomic E-state index is 12.4. The van der Waals surface area contributed by atoms with E-state index in [1.807, 2.05) is 53.2 Å². The fourth-order valence-corrected chi connectivity index (χ4v) is 3.99. The average Bonchev–Trinajstić information content (AvgIpc) is 3.20. The first-order valence-electron chi connectivity index (χ1n) is 10.6. The SMILES string of the molecule is COC(=O)/C(=C\c1nn(C2CCCCO2)c2cc(Br)ccc12)NC(=O)OCc1ccccc1. The van der Waals surface area contributed by atoms with E-state index in [1.54, 1.807) is 0 Å². The number of carbonyl (C=O) groups excluding carboxylic acids is 2. The van der Waals surface area contributed by atoms with Gasteiger partial charge in [0.1, 0.15) is 12.3 Å². The van der Waals surface area contributed by atoms with Crippen LogP contribution >= 0.6 is 15.9 Å². The van der Waals surface area contributed by atoms with Crippen molar-refractivity contribution in [2.75, 3.05) is 13.7 Å². The zero-order chi connectivity index (χ0) is 23.2. The third-order valence-electron chi connectivity index (χ3n) is 5.26. The minimum absolute atomic E-state index is 0.0745. The van der Waals surface area contributed by atoms with Crippen LogP contribution in [0.4, 0.5) is 4.79 Å². The van der Waals surface area contributed by atoms with Gasteiger partial charge in [-0.05, 0) is 49.1 Å². The molecule has 9 heteroatoms. The smallest absolute Gasteiger partial charge is 0.412 e. The van der Waals surface area contributed by atoms with Crippen molar-refractivity contribution in [1.29, 1.82) is 0 Å². The summed E-state index contributed by atoms with van der Waals surface area (Å²) < 4.78 is 18.8. The van der Waals surface area contributed by atoms with Gasteiger partial charge in [-0.3, -0.25) is 5.32 Å². The number of halogens is 1. The maximum absolute atomic E-state index is 12.4. The van der Waals surface area contributed by atoms with Crippen LogP contribution in [0.2, 0.25) is 0 Å². The summed E-state index contributed by atoms with van der Waals surface area (Å²) in [6.07, 6.45) is 3.45. The summed E-state index contributed by atoms with van der Waals surface area (Å²) >= 11 is 3.51. The number of ether oxygens (including phenoxy) is 3. The lowest BCUT2D eigenvalue weighted by molar-refractivity contribution is -0.136. The summed E-state index contributed by atoms with van der Waals surface area (Å²) in [6, 6.07) is 15.0. The Hall–Kier alpha value is -3.17. The van der Waals surface area contributed by atoms with Crippen molar-refractivity contribution in [1.82, 2.24) is 15.1 Å². The number of amides is 1. The van der Waals surface area contributed by atoms with Crippen LogP contribution < -0.4 is 5.32 Å². The van der Waals surface area contributed by atoms with Crippen molar-refractivity contribution in [3.05, 3.63) is 70.0 Å². The van der Waals surface area contributed by atoms with Gasteiger partial charge in [0.15, 0.2) is 6.23 Å². The van der Waals surface area contributed by atoms with Crippen LogP contribution in [0.1, 0.15) is 36.7 Å². The Kier molecular flexibility index (Phi) is 7.41. The molecule has 1 unspecified atom stereocenters. The van der Waals surface area contributed by atoms with Crippen LogP contribution in [0.3, 0.4) is 0 Å². The Labute approximate surface area is 199 Å². The van der Waals surface area contributed by atoms with Crippen molar-refractivity contribution in [2.24, 2.45) is 0 Å². The molecule has 1 aliphatic rings. The molecule has 172 valence electrons. The Morgan fingerprint density at radius 2 is 2.06 bits per heavy atom. The van der Waals surface area contributed by atoms with Gasteiger partial charge >= 0.3 is 12.1 Å². The lowest BCUT2D eigenvalue weighted by Gasteiger charge is -2.23. The molecule has 1 aliphatic heterocycles. The second-order valence-electron chi connectivity index (χ2n) is 7.55. The predicted molar refractivity (Wildman–Crippen MR) is 126 cm³/mol. The number of hydrogen-bond acceptors (Lipinski definition) is 6. The minimum Gasteiger partial charge on any atom is -0.464 e. The summed E-state index contributed by atoms with van der Waals surface area (Å²) in [7, 11) is 1.25. The second kappa shape index (κ2) is 10.6. The largest absolute Gasteiger partial charge is 0.464 e. The highest BCUT2D eigenvalue weighted by atomic mass is 79.9. The van der Waals surface area contributed by atoms with Crippen LogP contribution in [-0.4, -0.2) is 35.6 Å². The zero-order valence-electron chi connectivity index (χ0n) is 18.1. The van der Waals surface area contributed by atoms with Gasteiger partial charge in [0.25, 0.3) is 0 Å². The maximum Gasteiger partial charge on any atom is 0.412 e. The van der Waals surface area contributed by atoms with E-state index < -0.39 is 12.1 Å². The molecule has 2 heterocycles. The van der Waals surface area contributed by atoms with Crippen LogP contribution in [0.25, 0.3) is 17.0 Å². The topological polar surface area (TPSA) is 91.7 Å². The minimum atomic E-state index is -0.766. The molecule has 0 bridgehead atoms. The van der Waals surface area contributed by atoms with E-state index in [0.717, 1.165) is 40.2 Å². The first kappa shape index (κ1) is 23.0. The molecule has 8 nitrogen and oxygen atoms in total. The number of fused-ring (bicyclic) bond motifs is 1. The molecule has 3 aromatic rings. The Balaban J connectivity index is 1.62. The van der Waals surface area contributed by atoms with E-state index in [2.05, 4.69) is 21.2 Å². The van der Waals surface area contributed by atoms with Gasteiger partial charge in [-0.15, -0.1) is 0 Å². The monoisotopic (exact) mass is 513 g/mol. The highest BCUT2D eigenvalue weighted by molar-refractivity contribution is 9.10. The van der Waals surface area contributed by atoms with Crippen LogP contribution in [-0.2, 0) is 25.6 Å². The molecule has 1 atom stereocenters. The van der Waals surface area contributed by atoms with Gasteiger partial charge in [0.2, 0.25) is 0 Å². The van der Waals surface area contributed by atoms with Gasteiger partial charge in [0, 0.05) is 16.5 Å². The molecule has 1 fully saturated rings. The standard InChI is InChI=1S/C24H24BrN3O5/c1-31-23(29)20(26-24(30)33-15-16-7-3-2-4-8-16)14-19-18-11-10-17(25)13-21(18)28(27-19)22-9-5-6-12-32-22/h2-4,7-8,10-11,13-14,22H,5-6,9,12,15H2,1H3,(H,26,30)/b20-14+. The molecule has 0 radical (unpaired) electrons. The number of benzene rings is 2. The molecule has 1 saturated heterocycles. The van der Waals surface area contributed by atoms with Crippen LogP contribution in [0.5, 0.6) is 0 Å². The third-order valence-corrected chi connectivity index (χ3v) is 5.76. The fraction of sp³-hybridized carbons (Fsp3) is 0.292. The fourth-order valence-electron chi connectivity index (χ4n) is 3.64. The van der Waals surface area contributed by atoms with Gasteiger partial charge in [-0.1, -0.05) is 46.3 Å². The number of carbonyl (C=O) groups is 2. The van der Waals surface area contributed by atoms with E-state index in [1.165, 1.54) is 13.2 Å². The number of esters is 1. The summed E-state index contributed by atoms with van der Waals surface area (Å²) in [6.45, 7) is 0.749. The van der Waals surface area contributed by atoms with E-state index in [9.17, 15) is 9.59 Å².